The molecule has 0 radical (unpaired) electrons. The Balaban J connectivity index is 1.44. The van der Waals surface area contributed by atoms with Gasteiger partial charge in [-0.3, -0.25) is 4.98 Å². The maximum absolute atomic E-state index is 9.93. The van der Waals surface area contributed by atoms with Crippen LogP contribution in [0.3, 0.4) is 0 Å². The molecule has 1 atom stereocenters. The minimum absolute atomic E-state index is 0.264. The van der Waals surface area contributed by atoms with E-state index >= 15 is 0 Å². The van der Waals surface area contributed by atoms with E-state index in [2.05, 4.69) is 29.7 Å². The number of aliphatic hydroxyl groups excluding tert-OH is 1. The fourth-order valence-electron chi connectivity index (χ4n) is 3.77. The highest BCUT2D eigenvalue weighted by Gasteiger charge is 2.23. The van der Waals surface area contributed by atoms with Crippen LogP contribution in [0.2, 0.25) is 0 Å². The van der Waals surface area contributed by atoms with Crippen LogP contribution >= 0.6 is 0 Å². The molecule has 8 nitrogen and oxygen atoms in total. The highest BCUT2D eigenvalue weighted by molar-refractivity contribution is 5.48. The fourth-order valence-corrected chi connectivity index (χ4v) is 3.77. The number of hydrogen-bond donors (Lipinski definition) is 1. The number of β-amino-alcohol motifs (C(OH)–C–C–N with tert-alkyl or cyclic N) is 1. The van der Waals surface area contributed by atoms with Crippen molar-refractivity contribution in [3.05, 3.63) is 29.8 Å². The molecule has 144 valence electrons. The largest absolute Gasteiger partial charge is 0.391 e. The van der Waals surface area contributed by atoms with Crippen molar-refractivity contribution in [3.8, 4) is 0 Å². The van der Waals surface area contributed by atoms with E-state index in [1.54, 1.807) is 0 Å². The average Bonchev–Trinajstić information content (AvgIpc) is 2.70. The minimum atomic E-state index is -0.264. The Morgan fingerprint density at radius 2 is 1.74 bits per heavy atom. The quantitative estimate of drug-likeness (QED) is 0.864. The fraction of sp³-hybridized carbons (Fsp3) is 0.579. The van der Waals surface area contributed by atoms with Gasteiger partial charge in [0.15, 0.2) is 0 Å². The Labute approximate surface area is 159 Å². The van der Waals surface area contributed by atoms with Gasteiger partial charge in [-0.05, 0) is 32.8 Å². The van der Waals surface area contributed by atoms with E-state index < -0.39 is 0 Å². The van der Waals surface area contributed by atoms with Crippen LogP contribution < -0.4 is 14.7 Å². The van der Waals surface area contributed by atoms with Gasteiger partial charge in [-0.25, -0.2) is 9.97 Å². The van der Waals surface area contributed by atoms with Crippen LogP contribution in [0.1, 0.15) is 24.2 Å². The Hall–Kier alpha value is -2.48. The predicted octanol–water partition coefficient (Wildman–Crippen LogP) is 1.17. The summed E-state index contributed by atoms with van der Waals surface area (Å²) in [5, 5.41) is 9.93. The average molecular weight is 369 g/mol. The summed E-state index contributed by atoms with van der Waals surface area (Å²) in [5.41, 5.74) is 1.91. The van der Waals surface area contributed by atoms with E-state index in [-0.39, 0.29) is 6.10 Å². The lowest BCUT2D eigenvalue weighted by molar-refractivity contribution is 0.154. The monoisotopic (exact) mass is 369 g/mol. The standard InChI is InChI=1S/C19H27N7O/c1-14-12-21-15(2)18(22-14)24-8-10-25(11-9-24)19-20-6-5-17(23-19)26-7-3-4-16(27)13-26/h5-6,12,16,27H,3-4,7-11,13H2,1-2H3. The van der Waals surface area contributed by atoms with Gasteiger partial charge in [0.1, 0.15) is 11.6 Å². The van der Waals surface area contributed by atoms with Crippen LogP contribution in [0.15, 0.2) is 18.5 Å². The molecule has 0 aliphatic carbocycles. The molecule has 4 rings (SSSR count). The number of aryl methyl sites for hydroxylation is 2. The topological polar surface area (TPSA) is 81.5 Å². The SMILES string of the molecule is Cc1cnc(C)c(N2CCN(c3nccc(N4CCCC(O)C4)n3)CC2)n1. The van der Waals surface area contributed by atoms with Gasteiger partial charge in [0.05, 0.1) is 17.5 Å². The number of nitrogens with zero attached hydrogens (tertiary/aromatic N) is 7. The van der Waals surface area contributed by atoms with E-state index in [0.717, 1.165) is 74.5 Å². The first-order chi connectivity index (χ1) is 13.1. The molecule has 0 spiro atoms. The molecule has 27 heavy (non-hydrogen) atoms. The van der Waals surface area contributed by atoms with Crippen molar-refractivity contribution in [2.24, 2.45) is 0 Å². The van der Waals surface area contributed by atoms with Gasteiger partial charge in [0.25, 0.3) is 0 Å². The van der Waals surface area contributed by atoms with Crippen molar-refractivity contribution >= 4 is 17.6 Å². The van der Waals surface area contributed by atoms with Crippen LogP contribution in [-0.4, -0.2) is 70.4 Å². The maximum atomic E-state index is 9.93. The van der Waals surface area contributed by atoms with E-state index in [9.17, 15) is 5.11 Å². The number of aliphatic hydroxyl groups is 1. The van der Waals surface area contributed by atoms with Crippen LogP contribution in [-0.2, 0) is 0 Å². The normalized spacial score (nSPS) is 20.9. The molecule has 1 N–H and O–H groups in total. The molecule has 0 bridgehead atoms. The summed E-state index contributed by atoms with van der Waals surface area (Å²) in [6.07, 6.45) is 5.24. The summed E-state index contributed by atoms with van der Waals surface area (Å²) >= 11 is 0. The molecule has 0 saturated carbocycles. The van der Waals surface area contributed by atoms with Gasteiger partial charge in [-0.2, -0.15) is 4.98 Å². The molecule has 2 aromatic heterocycles. The molecular weight excluding hydrogens is 342 g/mol. The van der Waals surface area contributed by atoms with E-state index in [1.807, 2.05) is 32.3 Å². The van der Waals surface area contributed by atoms with Crippen LogP contribution in [0.4, 0.5) is 17.6 Å². The minimum Gasteiger partial charge on any atom is -0.391 e. The molecule has 1 unspecified atom stereocenters. The van der Waals surface area contributed by atoms with Crippen molar-refractivity contribution in [1.29, 1.82) is 0 Å². The second-order valence-corrected chi connectivity index (χ2v) is 7.35. The van der Waals surface area contributed by atoms with Gasteiger partial charge in [0.2, 0.25) is 5.95 Å². The van der Waals surface area contributed by atoms with Gasteiger partial charge < -0.3 is 19.8 Å². The molecule has 8 heteroatoms. The number of anilines is 3. The Kier molecular flexibility index (Phi) is 5.07. The molecule has 0 amide bonds. The van der Waals surface area contributed by atoms with Gasteiger partial charge in [-0.15, -0.1) is 0 Å². The highest BCUT2D eigenvalue weighted by atomic mass is 16.3. The molecule has 0 aromatic carbocycles. The summed E-state index contributed by atoms with van der Waals surface area (Å²) in [7, 11) is 0. The van der Waals surface area contributed by atoms with Gasteiger partial charge >= 0.3 is 0 Å². The first-order valence-corrected chi connectivity index (χ1v) is 9.66. The number of piperidine rings is 1. The summed E-state index contributed by atoms with van der Waals surface area (Å²) < 4.78 is 0. The molecule has 2 aliphatic heterocycles. The van der Waals surface area contributed by atoms with E-state index in [0.29, 0.717) is 6.54 Å². The Bertz CT molecular complexity index is 791. The summed E-state index contributed by atoms with van der Waals surface area (Å²) in [6.45, 7) is 9.01. The third kappa shape index (κ3) is 3.95. The lowest BCUT2D eigenvalue weighted by atomic mass is 10.1. The molecule has 2 aliphatic rings. The summed E-state index contributed by atoms with van der Waals surface area (Å²) in [6, 6.07) is 1.93. The van der Waals surface area contributed by atoms with Crippen LogP contribution in [0.5, 0.6) is 0 Å². The third-order valence-electron chi connectivity index (χ3n) is 5.26. The Morgan fingerprint density at radius 3 is 2.52 bits per heavy atom. The highest BCUT2D eigenvalue weighted by Crippen LogP contribution is 2.22. The molecule has 2 fully saturated rings. The molecular formula is C19H27N7O. The first kappa shape index (κ1) is 17.9. The molecule has 2 saturated heterocycles. The lowest BCUT2D eigenvalue weighted by Crippen LogP contribution is -2.48. The van der Waals surface area contributed by atoms with Crippen molar-refractivity contribution in [2.75, 3.05) is 54.0 Å². The Morgan fingerprint density at radius 1 is 0.963 bits per heavy atom. The van der Waals surface area contributed by atoms with Crippen LogP contribution in [0.25, 0.3) is 0 Å². The van der Waals surface area contributed by atoms with Gasteiger partial charge in [-0.1, -0.05) is 0 Å². The number of piperazine rings is 1. The zero-order valence-electron chi connectivity index (χ0n) is 16.0. The summed E-state index contributed by atoms with van der Waals surface area (Å²) in [5.74, 6) is 2.65. The zero-order valence-corrected chi connectivity index (χ0v) is 16.0. The number of hydrogen-bond acceptors (Lipinski definition) is 8. The van der Waals surface area contributed by atoms with E-state index in [1.165, 1.54) is 0 Å². The summed E-state index contributed by atoms with van der Waals surface area (Å²) in [4.78, 5) is 25.0. The van der Waals surface area contributed by atoms with Crippen molar-refractivity contribution in [3.63, 3.8) is 0 Å². The maximum Gasteiger partial charge on any atom is 0.227 e. The van der Waals surface area contributed by atoms with Crippen molar-refractivity contribution in [1.82, 2.24) is 19.9 Å². The number of rotatable bonds is 3. The first-order valence-electron chi connectivity index (χ1n) is 9.66. The molecule has 4 heterocycles. The third-order valence-corrected chi connectivity index (χ3v) is 5.26. The molecule has 2 aromatic rings. The van der Waals surface area contributed by atoms with Crippen molar-refractivity contribution < 1.29 is 5.11 Å². The predicted molar refractivity (Wildman–Crippen MR) is 105 cm³/mol. The second-order valence-electron chi connectivity index (χ2n) is 7.35. The van der Waals surface area contributed by atoms with Crippen LogP contribution in [0, 0.1) is 13.8 Å². The van der Waals surface area contributed by atoms with E-state index in [4.69, 9.17) is 4.98 Å². The smallest absolute Gasteiger partial charge is 0.227 e. The number of aromatic nitrogens is 4. The zero-order chi connectivity index (χ0) is 18.8. The van der Waals surface area contributed by atoms with Gasteiger partial charge in [0, 0.05) is 51.7 Å². The second kappa shape index (κ2) is 7.64. The van der Waals surface area contributed by atoms with Crippen molar-refractivity contribution in [2.45, 2.75) is 32.8 Å². The lowest BCUT2D eigenvalue weighted by Gasteiger charge is -2.36.